The molecule has 1 amide bonds. The van der Waals surface area contributed by atoms with Gasteiger partial charge < -0.3 is 10.0 Å². The topological polar surface area (TPSA) is 40.5 Å². The van der Waals surface area contributed by atoms with Crippen LogP contribution in [0.1, 0.15) is 33.1 Å². The second-order valence-corrected chi connectivity index (χ2v) is 3.92. The summed E-state index contributed by atoms with van der Waals surface area (Å²) in [5.74, 6) is 0.327. The van der Waals surface area contributed by atoms with Crippen molar-refractivity contribution in [3.05, 3.63) is 0 Å². The number of likely N-dealkylation sites (tertiary alicyclic amines) is 1. The number of β-amino-alcohol motifs (C(OH)–C–C–N with tert-alkyl or cyclic N) is 1. The van der Waals surface area contributed by atoms with Crippen molar-refractivity contribution in [2.45, 2.75) is 39.2 Å². The fourth-order valence-electron chi connectivity index (χ4n) is 1.81. The highest BCUT2D eigenvalue weighted by Crippen LogP contribution is 2.15. The molecule has 1 aliphatic rings. The number of carbonyl (C=O) groups is 1. The standard InChI is InChI=1S/C10H19NO2/c1-3-4-8(2)10(13)11-6-5-9(12)7-11/h8-9,12H,3-7H2,1-2H3/t8?,9-/m1/s1. The molecule has 0 saturated carbocycles. The molecular weight excluding hydrogens is 166 g/mol. The van der Waals surface area contributed by atoms with Crippen LogP contribution >= 0.6 is 0 Å². The van der Waals surface area contributed by atoms with Crippen molar-refractivity contribution in [2.75, 3.05) is 13.1 Å². The molecule has 1 aliphatic heterocycles. The van der Waals surface area contributed by atoms with E-state index in [2.05, 4.69) is 6.92 Å². The Balaban J connectivity index is 2.38. The Kier molecular flexibility index (Phi) is 3.72. The third-order valence-electron chi connectivity index (χ3n) is 2.62. The zero-order valence-electron chi connectivity index (χ0n) is 8.49. The maximum atomic E-state index is 11.7. The number of rotatable bonds is 3. The number of carbonyl (C=O) groups excluding carboxylic acids is 1. The van der Waals surface area contributed by atoms with Crippen LogP contribution in [0.2, 0.25) is 0 Å². The van der Waals surface area contributed by atoms with E-state index < -0.39 is 0 Å². The van der Waals surface area contributed by atoms with Crippen LogP contribution in [0, 0.1) is 5.92 Å². The van der Waals surface area contributed by atoms with Crippen LogP contribution in [0.3, 0.4) is 0 Å². The van der Waals surface area contributed by atoms with Crippen molar-refractivity contribution < 1.29 is 9.90 Å². The van der Waals surface area contributed by atoms with Gasteiger partial charge in [-0.1, -0.05) is 20.3 Å². The fraction of sp³-hybridized carbons (Fsp3) is 0.900. The van der Waals surface area contributed by atoms with Gasteiger partial charge >= 0.3 is 0 Å². The van der Waals surface area contributed by atoms with Crippen LogP contribution in [0.25, 0.3) is 0 Å². The summed E-state index contributed by atoms with van der Waals surface area (Å²) in [6.45, 7) is 5.32. The Bertz CT molecular complexity index is 182. The van der Waals surface area contributed by atoms with Crippen molar-refractivity contribution >= 4 is 5.91 Å². The normalized spacial score (nSPS) is 24.8. The largest absolute Gasteiger partial charge is 0.391 e. The SMILES string of the molecule is CCCC(C)C(=O)N1CC[C@@H](O)C1. The highest BCUT2D eigenvalue weighted by Gasteiger charge is 2.26. The Labute approximate surface area is 79.7 Å². The molecule has 1 unspecified atom stereocenters. The van der Waals surface area contributed by atoms with E-state index in [1.165, 1.54) is 0 Å². The van der Waals surface area contributed by atoms with E-state index >= 15 is 0 Å². The summed E-state index contributed by atoms with van der Waals surface area (Å²) in [4.78, 5) is 13.5. The molecule has 1 saturated heterocycles. The van der Waals surface area contributed by atoms with Crippen molar-refractivity contribution in [1.29, 1.82) is 0 Å². The minimum atomic E-state index is -0.294. The molecule has 3 nitrogen and oxygen atoms in total. The Morgan fingerprint density at radius 3 is 2.85 bits per heavy atom. The van der Waals surface area contributed by atoms with Crippen molar-refractivity contribution in [1.82, 2.24) is 4.90 Å². The lowest BCUT2D eigenvalue weighted by Crippen LogP contribution is -2.33. The molecule has 0 radical (unpaired) electrons. The first-order valence-corrected chi connectivity index (χ1v) is 5.12. The van der Waals surface area contributed by atoms with Gasteiger partial charge in [-0.05, 0) is 12.8 Å². The van der Waals surface area contributed by atoms with Gasteiger partial charge in [0, 0.05) is 19.0 Å². The molecule has 13 heavy (non-hydrogen) atoms. The van der Waals surface area contributed by atoms with Gasteiger partial charge in [0.25, 0.3) is 0 Å². The molecular formula is C10H19NO2. The maximum absolute atomic E-state index is 11.7. The van der Waals surface area contributed by atoms with E-state index in [4.69, 9.17) is 0 Å². The third-order valence-corrected chi connectivity index (χ3v) is 2.62. The lowest BCUT2D eigenvalue weighted by atomic mass is 10.1. The van der Waals surface area contributed by atoms with Crippen molar-refractivity contribution in [3.8, 4) is 0 Å². The number of nitrogens with zero attached hydrogens (tertiary/aromatic N) is 1. The molecule has 0 aromatic rings. The average Bonchev–Trinajstić information content (AvgIpc) is 2.51. The highest BCUT2D eigenvalue weighted by molar-refractivity contribution is 5.78. The first-order valence-electron chi connectivity index (χ1n) is 5.12. The van der Waals surface area contributed by atoms with Gasteiger partial charge in [-0.15, -0.1) is 0 Å². The lowest BCUT2D eigenvalue weighted by Gasteiger charge is -2.19. The van der Waals surface area contributed by atoms with E-state index in [0.717, 1.165) is 25.8 Å². The van der Waals surface area contributed by atoms with Gasteiger partial charge in [-0.25, -0.2) is 0 Å². The lowest BCUT2D eigenvalue weighted by molar-refractivity contribution is -0.134. The summed E-state index contributed by atoms with van der Waals surface area (Å²) >= 11 is 0. The molecule has 0 aromatic heterocycles. The van der Waals surface area contributed by atoms with Crippen LogP contribution in [0.15, 0.2) is 0 Å². The molecule has 1 heterocycles. The van der Waals surface area contributed by atoms with E-state index in [1.807, 2.05) is 6.92 Å². The smallest absolute Gasteiger partial charge is 0.225 e. The summed E-state index contributed by atoms with van der Waals surface area (Å²) in [6.07, 6.45) is 2.44. The monoisotopic (exact) mass is 185 g/mol. The van der Waals surface area contributed by atoms with E-state index in [9.17, 15) is 9.90 Å². The van der Waals surface area contributed by atoms with Gasteiger partial charge in [-0.3, -0.25) is 4.79 Å². The van der Waals surface area contributed by atoms with Gasteiger partial charge in [0.15, 0.2) is 0 Å². The fourth-order valence-corrected chi connectivity index (χ4v) is 1.81. The highest BCUT2D eigenvalue weighted by atomic mass is 16.3. The van der Waals surface area contributed by atoms with Gasteiger partial charge in [0.05, 0.1) is 6.10 Å². The quantitative estimate of drug-likeness (QED) is 0.713. The first kappa shape index (κ1) is 10.5. The number of hydrogen-bond acceptors (Lipinski definition) is 2. The number of amides is 1. The average molecular weight is 185 g/mol. The van der Waals surface area contributed by atoms with E-state index in [-0.39, 0.29) is 17.9 Å². The number of aliphatic hydroxyl groups is 1. The second kappa shape index (κ2) is 4.61. The second-order valence-electron chi connectivity index (χ2n) is 3.92. The van der Waals surface area contributed by atoms with Crippen LogP contribution in [-0.4, -0.2) is 35.1 Å². The Hall–Kier alpha value is -0.570. The zero-order valence-corrected chi connectivity index (χ0v) is 8.49. The summed E-state index contributed by atoms with van der Waals surface area (Å²) < 4.78 is 0. The van der Waals surface area contributed by atoms with Gasteiger partial charge in [-0.2, -0.15) is 0 Å². The number of aliphatic hydroxyl groups excluding tert-OH is 1. The van der Waals surface area contributed by atoms with Crippen molar-refractivity contribution in [2.24, 2.45) is 5.92 Å². The zero-order chi connectivity index (χ0) is 9.84. The maximum Gasteiger partial charge on any atom is 0.225 e. The molecule has 0 spiro atoms. The minimum Gasteiger partial charge on any atom is -0.391 e. The number of hydrogen-bond donors (Lipinski definition) is 1. The van der Waals surface area contributed by atoms with Gasteiger partial charge in [0.1, 0.15) is 0 Å². The molecule has 0 bridgehead atoms. The van der Waals surface area contributed by atoms with Gasteiger partial charge in [0.2, 0.25) is 5.91 Å². The van der Waals surface area contributed by atoms with Crippen molar-refractivity contribution in [3.63, 3.8) is 0 Å². The molecule has 3 heteroatoms. The van der Waals surface area contributed by atoms with E-state index in [0.29, 0.717) is 6.54 Å². The predicted octanol–water partition coefficient (Wildman–Crippen LogP) is 1.02. The summed E-state index contributed by atoms with van der Waals surface area (Å²) in [6, 6.07) is 0. The molecule has 0 aliphatic carbocycles. The van der Waals surface area contributed by atoms with Crippen LogP contribution in [0.5, 0.6) is 0 Å². The molecule has 1 fully saturated rings. The predicted molar refractivity (Wildman–Crippen MR) is 51.3 cm³/mol. The molecule has 76 valence electrons. The molecule has 1 rings (SSSR count). The van der Waals surface area contributed by atoms with Crippen LogP contribution in [0.4, 0.5) is 0 Å². The summed E-state index contributed by atoms with van der Waals surface area (Å²) in [7, 11) is 0. The minimum absolute atomic E-state index is 0.121. The third kappa shape index (κ3) is 2.69. The summed E-state index contributed by atoms with van der Waals surface area (Å²) in [5, 5.41) is 9.27. The van der Waals surface area contributed by atoms with Crippen LogP contribution < -0.4 is 0 Å². The molecule has 1 N–H and O–H groups in total. The van der Waals surface area contributed by atoms with Crippen LogP contribution in [-0.2, 0) is 4.79 Å². The molecule has 0 aromatic carbocycles. The van der Waals surface area contributed by atoms with E-state index in [1.54, 1.807) is 4.90 Å². The Morgan fingerprint density at radius 1 is 1.69 bits per heavy atom. The first-order chi connectivity index (χ1) is 6.15. The summed E-state index contributed by atoms with van der Waals surface area (Å²) in [5.41, 5.74) is 0. The Morgan fingerprint density at radius 2 is 2.38 bits per heavy atom. The molecule has 2 atom stereocenters.